The largest absolute Gasteiger partial charge is 0.474 e. The zero-order chi connectivity index (χ0) is 17.8. The summed E-state index contributed by atoms with van der Waals surface area (Å²) < 4.78 is 0. The predicted molar refractivity (Wildman–Crippen MR) is 76.4 cm³/mol. The second-order valence-corrected chi connectivity index (χ2v) is 5.20. The number of hydrogen-bond donors (Lipinski definition) is 1. The first-order chi connectivity index (χ1) is 10.6. The fourth-order valence-corrected chi connectivity index (χ4v) is 2.14. The molecule has 0 heterocycles. The molecule has 23 heavy (non-hydrogen) atoms. The Labute approximate surface area is 130 Å². The number of hydrazine groups is 1. The Morgan fingerprint density at radius 3 is 2.09 bits per heavy atom. The van der Waals surface area contributed by atoms with Crippen LogP contribution in [0, 0.1) is 26.1 Å². The van der Waals surface area contributed by atoms with E-state index in [1.165, 1.54) is 38.1 Å². The Balaban J connectivity index is 3.54. The third-order valence-corrected chi connectivity index (χ3v) is 3.06. The number of nitrogens with zero attached hydrogens (tertiary/aromatic N) is 3. The number of rotatable bonds is 7. The first-order valence-corrected chi connectivity index (χ1v) is 6.56. The van der Waals surface area contributed by atoms with Gasteiger partial charge in [-0.2, -0.15) is 0 Å². The molecule has 1 aromatic rings. The van der Waals surface area contributed by atoms with E-state index in [0.29, 0.717) is 0 Å². The van der Waals surface area contributed by atoms with Gasteiger partial charge in [-0.3, -0.25) is 14.9 Å². The summed E-state index contributed by atoms with van der Waals surface area (Å²) in [6.07, 6.45) is -0.713. The molecule has 0 spiro atoms. The number of aliphatic carboxylic acids is 1. The van der Waals surface area contributed by atoms with Crippen LogP contribution in [0.3, 0.4) is 0 Å². The van der Waals surface area contributed by atoms with E-state index < -0.39 is 44.8 Å². The van der Waals surface area contributed by atoms with Crippen LogP contribution in [0.15, 0.2) is 30.3 Å². The molecule has 1 aromatic carbocycles. The third kappa shape index (κ3) is 3.42. The van der Waals surface area contributed by atoms with Gasteiger partial charge in [0.1, 0.15) is 0 Å². The van der Waals surface area contributed by atoms with Gasteiger partial charge in [-0.05, 0) is 18.1 Å². The summed E-state index contributed by atoms with van der Waals surface area (Å²) >= 11 is 0. The summed E-state index contributed by atoms with van der Waals surface area (Å²) in [5.41, 5.74) is -3.41. The van der Waals surface area contributed by atoms with Crippen molar-refractivity contribution < 1.29 is 24.7 Å². The minimum Gasteiger partial charge on any atom is -0.474 e. The molecule has 10 heteroatoms. The Hall–Kier alpha value is -3.04. The van der Waals surface area contributed by atoms with Crippen molar-refractivity contribution >= 4 is 11.9 Å². The third-order valence-electron chi connectivity index (χ3n) is 3.06. The molecule has 0 bridgehead atoms. The van der Waals surface area contributed by atoms with Crippen LogP contribution in [0.5, 0.6) is 0 Å². The first kappa shape index (κ1) is 18.0. The highest BCUT2D eigenvalue weighted by atomic mass is 16.7. The quantitative estimate of drug-likeness (QED) is 0.453. The highest BCUT2D eigenvalue weighted by molar-refractivity contribution is 5.96. The molecule has 1 rings (SSSR count). The van der Waals surface area contributed by atoms with E-state index in [1.807, 2.05) is 0 Å². The molecule has 1 amide bonds. The molecule has 0 aliphatic heterocycles. The topological polar surface area (TPSA) is 144 Å². The van der Waals surface area contributed by atoms with Crippen LogP contribution in [-0.4, -0.2) is 37.6 Å². The maximum atomic E-state index is 12.3. The zero-order valence-electron chi connectivity index (χ0n) is 12.4. The standard InChI is InChI=1S/C13H15N3O7/c1-9(2)8-13(12(18)19,15(20)21)14(16(22)23)11(17)10-6-4-3-5-7-10/h3-7,9H,8H2,1-2H3,(H,18,19)/t13-/m0/s1. The van der Waals surface area contributed by atoms with Crippen LogP contribution in [0.25, 0.3) is 0 Å². The number of carboxylic acids is 1. The van der Waals surface area contributed by atoms with Crippen molar-refractivity contribution in [1.29, 1.82) is 0 Å². The number of carboxylic acid groups (broad SMARTS) is 1. The Kier molecular flexibility index (Phi) is 5.34. The van der Waals surface area contributed by atoms with E-state index in [1.54, 1.807) is 6.07 Å². The Morgan fingerprint density at radius 1 is 1.22 bits per heavy atom. The fourth-order valence-electron chi connectivity index (χ4n) is 2.14. The first-order valence-electron chi connectivity index (χ1n) is 6.56. The van der Waals surface area contributed by atoms with Gasteiger partial charge in [-0.25, -0.2) is 14.9 Å². The molecule has 1 N–H and O–H groups in total. The molecule has 0 radical (unpaired) electrons. The Bertz CT molecular complexity index is 616. The summed E-state index contributed by atoms with van der Waals surface area (Å²) in [5, 5.41) is 30.3. The number of carbonyl (C=O) groups is 2. The number of hydrogen-bond acceptors (Lipinski definition) is 6. The van der Waals surface area contributed by atoms with E-state index in [9.17, 15) is 34.9 Å². The van der Waals surface area contributed by atoms with Gasteiger partial charge in [0, 0.05) is 10.6 Å². The smallest absolute Gasteiger partial charge is 0.448 e. The minimum absolute atomic E-state index is 0.222. The number of carbonyl (C=O) groups excluding carboxylic acids is 1. The van der Waals surface area contributed by atoms with Crippen molar-refractivity contribution in [2.24, 2.45) is 5.92 Å². The number of amides is 1. The number of nitro groups is 2. The zero-order valence-corrected chi connectivity index (χ0v) is 12.4. The molecule has 0 saturated heterocycles. The van der Waals surface area contributed by atoms with Crippen LogP contribution in [0.2, 0.25) is 0 Å². The predicted octanol–water partition coefficient (Wildman–Crippen LogP) is 1.42. The molecule has 124 valence electrons. The molecule has 1 atom stereocenters. The second-order valence-electron chi connectivity index (χ2n) is 5.20. The summed E-state index contributed by atoms with van der Waals surface area (Å²) in [4.78, 5) is 45.3. The van der Waals surface area contributed by atoms with E-state index in [0.717, 1.165) is 0 Å². The van der Waals surface area contributed by atoms with Gasteiger partial charge < -0.3 is 5.11 Å². The molecule has 0 aromatic heterocycles. The van der Waals surface area contributed by atoms with E-state index >= 15 is 0 Å². The normalized spacial score (nSPS) is 13.2. The monoisotopic (exact) mass is 325 g/mol. The van der Waals surface area contributed by atoms with E-state index in [2.05, 4.69) is 0 Å². The molecule has 0 unspecified atom stereocenters. The minimum atomic E-state index is -3.19. The highest BCUT2D eigenvalue weighted by Gasteiger charge is 2.66. The van der Waals surface area contributed by atoms with Crippen LogP contribution in [0.4, 0.5) is 0 Å². The lowest BCUT2D eigenvalue weighted by atomic mass is 9.96. The molecule has 10 nitrogen and oxygen atoms in total. The van der Waals surface area contributed by atoms with Crippen molar-refractivity contribution in [3.8, 4) is 0 Å². The highest BCUT2D eigenvalue weighted by Crippen LogP contribution is 2.28. The van der Waals surface area contributed by atoms with Crippen molar-refractivity contribution in [2.75, 3.05) is 0 Å². The van der Waals surface area contributed by atoms with Gasteiger partial charge in [-0.1, -0.05) is 32.0 Å². The average Bonchev–Trinajstić information content (AvgIpc) is 2.45. The van der Waals surface area contributed by atoms with Crippen LogP contribution < -0.4 is 0 Å². The van der Waals surface area contributed by atoms with Gasteiger partial charge in [-0.15, -0.1) is 0 Å². The lowest BCUT2D eigenvalue weighted by Gasteiger charge is -2.26. The van der Waals surface area contributed by atoms with Crippen molar-refractivity contribution in [1.82, 2.24) is 5.01 Å². The Morgan fingerprint density at radius 2 is 1.74 bits per heavy atom. The molecule has 0 aliphatic carbocycles. The second kappa shape index (κ2) is 6.81. The van der Waals surface area contributed by atoms with Crippen molar-refractivity contribution in [3.63, 3.8) is 0 Å². The van der Waals surface area contributed by atoms with Crippen LogP contribution in [-0.2, 0) is 4.79 Å². The summed E-state index contributed by atoms with van der Waals surface area (Å²) in [7, 11) is 0. The SMILES string of the molecule is CC(C)C[C@](C(=O)O)(N(C(=O)c1ccccc1)[N+](=O)[O-])[N+](=O)[O-]. The average molecular weight is 325 g/mol. The fraction of sp³-hybridized carbons (Fsp3) is 0.385. The van der Waals surface area contributed by atoms with Crippen LogP contribution >= 0.6 is 0 Å². The van der Waals surface area contributed by atoms with Crippen molar-refractivity contribution in [3.05, 3.63) is 56.1 Å². The van der Waals surface area contributed by atoms with Gasteiger partial charge in [0.25, 0.3) is 0 Å². The lowest BCUT2D eigenvalue weighted by Crippen LogP contribution is -2.64. The lowest BCUT2D eigenvalue weighted by molar-refractivity contribution is -0.732. The van der Waals surface area contributed by atoms with Crippen molar-refractivity contribution in [2.45, 2.75) is 25.9 Å². The van der Waals surface area contributed by atoms with Crippen LogP contribution in [0.1, 0.15) is 30.6 Å². The molecular weight excluding hydrogens is 310 g/mol. The number of benzene rings is 1. The molecular formula is C13H15N3O7. The summed E-state index contributed by atoms with van der Waals surface area (Å²) in [6, 6.07) is 6.77. The van der Waals surface area contributed by atoms with E-state index in [-0.39, 0.29) is 5.56 Å². The van der Waals surface area contributed by atoms with Gasteiger partial charge in [0.2, 0.25) is 0 Å². The maximum absolute atomic E-state index is 12.3. The van der Waals surface area contributed by atoms with Gasteiger partial charge in [0.05, 0.1) is 11.3 Å². The molecule has 0 saturated carbocycles. The summed E-state index contributed by atoms with van der Waals surface area (Å²) in [5.74, 6) is -4.02. The molecule has 0 aliphatic rings. The van der Waals surface area contributed by atoms with E-state index in [4.69, 9.17) is 0 Å². The maximum Gasteiger partial charge on any atom is 0.448 e. The molecule has 0 fully saturated rings. The van der Waals surface area contributed by atoms with Gasteiger partial charge in [0.15, 0.2) is 5.03 Å². The summed E-state index contributed by atoms with van der Waals surface area (Å²) in [6.45, 7) is 2.93. The van der Waals surface area contributed by atoms with Gasteiger partial charge >= 0.3 is 17.5 Å².